The lowest BCUT2D eigenvalue weighted by Crippen LogP contribution is -2.31. The molecule has 110 valence electrons. The Kier molecular flexibility index (Phi) is 3.20. The van der Waals surface area contributed by atoms with Gasteiger partial charge >= 0.3 is 5.97 Å². The Morgan fingerprint density at radius 2 is 1.71 bits per heavy atom. The fourth-order valence-corrected chi connectivity index (χ4v) is 4.18. The number of imide groups is 1. The minimum Gasteiger partial charge on any atom is -0.478 e. The highest BCUT2D eigenvalue weighted by atomic mass is 32.1. The standard InChI is InChI=1S/C15H15NO4S/c1-7-8(2)21-14(11(7)15(19)20)16-12(17)9-5-3-4-6-10(9)13(16)18/h3-4,9-10H,5-6H2,1-2H3,(H,19,20)/t9-,10+. The number of nitrogens with zero attached hydrogens (tertiary/aromatic N) is 1. The number of aryl methyl sites for hydroxylation is 1. The Labute approximate surface area is 125 Å². The van der Waals surface area contributed by atoms with Gasteiger partial charge < -0.3 is 5.11 Å². The molecule has 1 aromatic heterocycles. The zero-order valence-electron chi connectivity index (χ0n) is 11.8. The van der Waals surface area contributed by atoms with Crippen LogP contribution in [0.2, 0.25) is 0 Å². The molecule has 5 nitrogen and oxygen atoms in total. The summed E-state index contributed by atoms with van der Waals surface area (Å²) >= 11 is 1.20. The molecule has 2 atom stereocenters. The normalized spacial score (nSPS) is 24.6. The third-order valence-electron chi connectivity index (χ3n) is 4.29. The highest BCUT2D eigenvalue weighted by molar-refractivity contribution is 7.17. The Morgan fingerprint density at radius 3 is 2.19 bits per heavy atom. The molecule has 0 aromatic carbocycles. The summed E-state index contributed by atoms with van der Waals surface area (Å²) in [6.07, 6.45) is 4.94. The van der Waals surface area contributed by atoms with Crippen molar-refractivity contribution in [1.29, 1.82) is 0 Å². The van der Waals surface area contributed by atoms with E-state index < -0.39 is 5.97 Å². The summed E-state index contributed by atoms with van der Waals surface area (Å²) in [6.45, 7) is 3.51. The van der Waals surface area contributed by atoms with Gasteiger partial charge in [-0.2, -0.15) is 0 Å². The van der Waals surface area contributed by atoms with Crippen molar-refractivity contribution in [2.24, 2.45) is 11.8 Å². The van der Waals surface area contributed by atoms with Crippen LogP contribution in [-0.4, -0.2) is 22.9 Å². The largest absolute Gasteiger partial charge is 0.478 e. The number of thiophene rings is 1. The smallest absolute Gasteiger partial charge is 0.339 e. The van der Waals surface area contributed by atoms with Gasteiger partial charge in [0, 0.05) is 4.88 Å². The maximum absolute atomic E-state index is 12.5. The number of carbonyl (C=O) groups is 3. The van der Waals surface area contributed by atoms with Crippen LogP contribution in [0.3, 0.4) is 0 Å². The fraction of sp³-hybridized carbons (Fsp3) is 0.400. The summed E-state index contributed by atoms with van der Waals surface area (Å²) in [6, 6.07) is 0. The van der Waals surface area contributed by atoms with E-state index in [-0.39, 0.29) is 34.2 Å². The monoisotopic (exact) mass is 305 g/mol. The molecule has 0 spiro atoms. The number of anilines is 1. The first-order valence-corrected chi connectivity index (χ1v) is 7.61. The van der Waals surface area contributed by atoms with E-state index in [1.165, 1.54) is 11.3 Å². The van der Waals surface area contributed by atoms with Crippen molar-refractivity contribution in [3.63, 3.8) is 0 Å². The average Bonchev–Trinajstić information content (AvgIpc) is 2.87. The highest BCUT2D eigenvalue weighted by Crippen LogP contribution is 2.43. The predicted octanol–water partition coefficient (Wildman–Crippen LogP) is 2.52. The van der Waals surface area contributed by atoms with Crippen LogP contribution >= 0.6 is 11.3 Å². The Morgan fingerprint density at radius 1 is 1.19 bits per heavy atom. The van der Waals surface area contributed by atoms with Crippen LogP contribution in [0.5, 0.6) is 0 Å². The minimum atomic E-state index is -1.10. The number of hydrogen-bond donors (Lipinski definition) is 1. The molecule has 2 amide bonds. The second kappa shape index (κ2) is 4.80. The van der Waals surface area contributed by atoms with Crippen LogP contribution in [0.15, 0.2) is 12.2 Å². The van der Waals surface area contributed by atoms with Gasteiger partial charge in [-0.05, 0) is 32.3 Å². The van der Waals surface area contributed by atoms with Crippen molar-refractivity contribution in [3.8, 4) is 0 Å². The van der Waals surface area contributed by atoms with Gasteiger partial charge in [0.15, 0.2) is 0 Å². The molecule has 2 heterocycles. The van der Waals surface area contributed by atoms with Crippen LogP contribution < -0.4 is 4.90 Å². The van der Waals surface area contributed by atoms with Gasteiger partial charge in [0.2, 0.25) is 11.8 Å². The van der Waals surface area contributed by atoms with Crippen LogP contribution in [0.4, 0.5) is 5.00 Å². The number of allylic oxidation sites excluding steroid dienone is 2. The van der Waals surface area contributed by atoms with Crippen LogP contribution in [0.1, 0.15) is 33.6 Å². The van der Waals surface area contributed by atoms with Gasteiger partial charge in [-0.25, -0.2) is 9.69 Å². The van der Waals surface area contributed by atoms with Crippen molar-refractivity contribution in [2.45, 2.75) is 26.7 Å². The van der Waals surface area contributed by atoms with Gasteiger partial charge in [0.25, 0.3) is 0 Å². The predicted molar refractivity (Wildman–Crippen MR) is 78.6 cm³/mol. The molecule has 0 radical (unpaired) electrons. The number of amides is 2. The van der Waals surface area contributed by atoms with Gasteiger partial charge in [0.1, 0.15) is 5.00 Å². The molecule has 0 unspecified atom stereocenters. The molecule has 1 aliphatic carbocycles. The zero-order valence-corrected chi connectivity index (χ0v) is 12.6. The quantitative estimate of drug-likeness (QED) is 0.673. The number of rotatable bonds is 2. The third kappa shape index (κ3) is 1.93. The number of carbonyl (C=O) groups excluding carboxylic acids is 2. The first-order chi connectivity index (χ1) is 9.93. The maximum atomic E-state index is 12.5. The summed E-state index contributed by atoms with van der Waals surface area (Å²) in [5, 5.41) is 9.66. The van der Waals surface area contributed by atoms with E-state index in [0.717, 1.165) is 9.78 Å². The molecule has 3 rings (SSSR count). The number of hydrogen-bond acceptors (Lipinski definition) is 4. The summed E-state index contributed by atoms with van der Waals surface area (Å²) in [4.78, 5) is 38.5. The summed E-state index contributed by atoms with van der Waals surface area (Å²) < 4.78 is 0. The van der Waals surface area contributed by atoms with Crippen molar-refractivity contribution in [3.05, 3.63) is 28.2 Å². The lowest BCUT2D eigenvalue weighted by molar-refractivity contribution is -0.122. The SMILES string of the molecule is Cc1sc(N2C(=O)[C@H]3CC=CC[C@H]3C2=O)c(C(=O)O)c1C. The Hall–Kier alpha value is -1.95. The van der Waals surface area contributed by atoms with Crippen molar-refractivity contribution in [1.82, 2.24) is 0 Å². The Balaban J connectivity index is 2.10. The summed E-state index contributed by atoms with van der Waals surface area (Å²) in [7, 11) is 0. The molecule has 6 heteroatoms. The topological polar surface area (TPSA) is 74.7 Å². The Bertz CT molecular complexity index is 662. The highest BCUT2D eigenvalue weighted by Gasteiger charge is 2.49. The van der Waals surface area contributed by atoms with Crippen molar-refractivity contribution in [2.75, 3.05) is 4.90 Å². The van der Waals surface area contributed by atoms with Crippen LogP contribution in [0, 0.1) is 25.7 Å². The molecule has 0 saturated carbocycles. The van der Waals surface area contributed by atoms with Crippen molar-refractivity contribution < 1.29 is 19.5 Å². The third-order valence-corrected chi connectivity index (χ3v) is 5.48. The second-order valence-corrected chi connectivity index (χ2v) is 6.64. The van der Waals surface area contributed by atoms with E-state index in [1.807, 2.05) is 12.2 Å². The average molecular weight is 305 g/mol. The van der Waals surface area contributed by atoms with Gasteiger partial charge in [0.05, 0.1) is 17.4 Å². The molecular weight excluding hydrogens is 290 g/mol. The number of carboxylic acids is 1. The molecule has 1 aliphatic heterocycles. The van der Waals surface area contributed by atoms with E-state index in [9.17, 15) is 19.5 Å². The second-order valence-electron chi connectivity index (χ2n) is 5.44. The molecule has 0 bridgehead atoms. The molecule has 1 aromatic rings. The lowest BCUT2D eigenvalue weighted by Gasteiger charge is -2.14. The van der Waals surface area contributed by atoms with Crippen molar-refractivity contribution >= 4 is 34.1 Å². The lowest BCUT2D eigenvalue weighted by atomic mass is 9.85. The molecule has 1 saturated heterocycles. The molecule has 2 aliphatic rings. The first-order valence-electron chi connectivity index (χ1n) is 6.79. The first kappa shape index (κ1) is 14.0. The van der Waals surface area contributed by atoms with Gasteiger partial charge in [-0.3, -0.25) is 9.59 Å². The molecule has 1 N–H and O–H groups in total. The molecule has 1 fully saturated rings. The van der Waals surface area contributed by atoms with E-state index >= 15 is 0 Å². The van der Waals surface area contributed by atoms with Gasteiger partial charge in [-0.15, -0.1) is 11.3 Å². The van der Waals surface area contributed by atoms with E-state index in [2.05, 4.69) is 0 Å². The maximum Gasteiger partial charge on any atom is 0.339 e. The summed E-state index contributed by atoms with van der Waals surface area (Å²) in [5.74, 6) is -2.31. The molecular formula is C15H15NO4S. The van der Waals surface area contributed by atoms with Crippen LogP contribution in [-0.2, 0) is 9.59 Å². The van der Waals surface area contributed by atoms with E-state index in [0.29, 0.717) is 18.4 Å². The summed E-state index contributed by atoms with van der Waals surface area (Å²) in [5.41, 5.74) is 0.696. The number of fused-ring (bicyclic) bond motifs is 1. The van der Waals surface area contributed by atoms with E-state index in [1.54, 1.807) is 13.8 Å². The zero-order chi connectivity index (χ0) is 15.3. The van der Waals surface area contributed by atoms with Gasteiger partial charge in [-0.1, -0.05) is 12.2 Å². The van der Waals surface area contributed by atoms with E-state index in [4.69, 9.17) is 0 Å². The number of aromatic carboxylic acids is 1. The fourth-order valence-electron chi connectivity index (χ4n) is 3.02. The number of carboxylic acid groups (broad SMARTS) is 1. The molecule has 21 heavy (non-hydrogen) atoms. The van der Waals surface area contributed by atoms with Crippen LogP contribution in [0.25, 0.3) is 0 Å². The minimum absolute atomic E-state index is 0.0748.